The van der Waals surface area contributed by atoms with E-state index in [0.717, 1.165) is 6.07 Å². The number of alkyl halides is 3. The number of benzene rings is 3. The molecule has 0 radical (unpaired) electrons. The van der Waals surface area contributed by atoms with Gasteiger partial charge in [0, 0.05) is 11.3 Å². The zero-order valence-electron chi connectivity index (χ0n) is 15.2. The number of carbonyl (C=O) groups excluding carboxylic acids is 1. The van der Waals surface area contributed by atoms with E-state index in [1.165, 1.54) is 54.6 Å². The molecule has 0 bridgehead atoms. The van der Waals surface area contributed by atoms with Gasteiger partial charge in [0.25, 0.3) is 15.9 Å². The number of anilines is 2. The van der Waals surface area contributed by atoms with Crippen molar-refractivity contribution >= 4 is 27.3 Å². The Morgan fingerprint density at radius 3 is 2.23 bits per heavy atom. The van der Waals surface area contributed by atoms with E-state index < -0.39 is 28.0 Å². The average Bonchev–Trinajstić information content (AvgIpc) is 2.69. The van der Waals surface area contributed by atoms with Gasteiger partial charge in [-0.25, -0.2) is 8.42 Å². The molecular formula is C20H15F3N2O4S. The van der Waals surface area contributed by atoms with E-state index in [9.17, 15) is 26.4 Å². The molecule has 0 aromatic heterocycles. The Bertz CT molecular complexity index is 1150. The van der Waals surface area contributed by atoms with Crippen LogP contribution in [0.3, 0.4) is 0 Å². The molecule has 10 heteroatoms. The lowest BCUT2D eigenvalue weighted by molar-refractivity contribution is -0.274. The summed E-state index contributed by atoms with van der Waals surface area (Å²) in [5.41, 5.74) is -0.0357. The van der Waals surface area contributed by atoms with Crippen molar-refractivity contribution in [1.29, 1.82) is 0 Å². The molecule has 0 atom stereocenters. The molecule has 156 valence electrons. The molecule has 3 rings (SSSR count). The molecule has 30 heavy (non-hydrogen) atoms. The molecule has 0 aliphatic rings. The van der Waals surface area contributed by atoms with Gasteiger partial charge in [-0.1, -0.05) is 36.4 Å². The molecular weight excluding hydrogens is 421 g/mol. The molecule has 6 nitrogen and oxygen atoms in total. The fraction of sp³-hybridized carbons (Fsp3) is 0.0500. The number of sulfonamides is 1. The van der Waals surface area contributed by atoms with Crippen LogP contribution in [0.5, 0.6) is 5.75 Å². The van der Waals surface area contributed by atoms with Gasteiger partial charge >= 0.3 is 6.36 Å². The molecule has 3 aromatic carbocycles. The number of carbonyl (C=O) groups is 1. The maximum Gasteiger partial charge on any atom is 0.573 e. The second-order valence-electron chi connectivity index (χ2n) is 6.00. The Hall–Kier alpha value is -3.53. The third-order valence-corrected chi connectivity index (χ3v) is 5.19. The number of hydrogen-bond acceptors (Lipinski definition) is 4. The van der Waals surface area contributed by atoms with Crippen molar-refractivity contribution in [3.63, 3.8) is 0 Å². The lowest BCUT2D eigenvalue weighted by atomic mass is 10.2. The van der Waals surface area contributed by atoms with Gasteiger partial charge < -0.3 is 10.1 Å². The van der Waals surface area contributed by atoms with Gasteiger partial charge in [-0.15, -0.1) is 13.2 Å². The van der Waals surface area contributed by atoms with Crippen molar-refractivity contribution in [2.75, 3.05) is 10.0 Å². The minimum Gasteiger partial charge on any atom is -0.404 e. The van der Waals surface area contributed by atoms with E-state index in [1.54, 1.807) is 18.2 Å². The predicted octanol–water partition coefficient (Wildman–Crippen LogP) is 4.64. The summed E-state index contributed by atoms with van der Waals surface area (Å²) in [6.07, 6.45) is -4.92. The minimum atomic E-state index is -4.92. The number of rotatable bonds is 6. The fourth-order valence-corrected chi connectivity index (χ4v) is 3.59. The van der Waals surface area contributed by atoms with Gasteiger partial charge in [0.05, 0.1) is 10.6 Å². The molecule has 0 unspecified atom stereocenters. The number of nitrogens with one attached hydrogen (secondary N) is 2. The SMILES string of the molecule is O=C(Nc1ccccc1OC(F)(F)F)c1cccc(NS(=O)(=O)c2ccccc2)c1. The summed E-state index contributed by atoms with van der Waals surface area (Å²) in [5.74, 6) is -1.31. The van der Waals surface area contributed by atoms with Gasteiger partial charge in [0.2, 0.25) is 0 Å². The Morgan fingerprint density at radius 2 is 1.53 bits per heavy atom. The molecule has 0 saturated carbocycles. The number of ether oxygens (including phenoxy) is 1. The molecule has 0 saturated heterocycles. The topological polar surface area (TPSA) is 84.5 Å². The number of amides is 1. The van der Waals surface area contributed by atoms with Crippen LogP contribution < -0.4 is 14.8 Å². The highest BCUT2D eigenvalue weighted by Gasteiger charge is 2.32. The van der Waals surface area contributed by atoms with Crippen LogP contribution in [0.15, 0.2) is 83.8 Å². The second kappa shape index (κ2) is 8.46. The third-order valence-electron chi connectivity index (χ3n) is 3.79. The smallest absolute Gasteiger partial charge is 0.404 e. The minimum absolute atomic E-state index is 0.0325. The van der Waals surface area contributed by atoms with Gasteiger partial charge in [0.1, 0.15) is 0 Å². The molecule has 1 amide bonds. The number of halogens is 3. The van der Waals surface area contributed by atoms with Gasteiger partial charge in [0.15, 0.2) is 5.75 Å². The first-order valence-electron chi connectivity index (χ1n) is 8.48. The Balaban J connectivity index is 1.79. The van der Waals surface area contributed by atoms with Crippen LogP contribution in [0.4, 0.5) is 24.5 Å². The summed E-state index contributed by atoms with van der Waals surface area (Å²) in [5, 5.41) is 2.33. The highest BCUT2D eigenvalue weighted by atomic mass is 32.2. The van der Waals surface area contributed by atoms with Crippen LogP contribution in [-0.4, -0.2) is 20.7 Å². The first-order chi connectivity index (χ1) is 14.1. The predicted molar refractivity (Wildman–Crippen MR) is 105 cm³/mol. The van der Waals surface area contributed by atoms with Crippen molar-refractivity contribution in [1.82, 2.24) is 0 Å². The molecule has 2 N–H and O–H groups in total. The molecule has 0 heterocycles. The van der Waals surface area contributed by atoms with E-state index in [0.29, 0.717) is 0 Å². The molecule has 0 aliphatic heterocycles. The van der Waals surface area contributed by atoms with Crippen molar-refractivity contribution < 1.29 is 31.1 Å². The van der Waals surface area contributed by atoms with Crippen LogP contribution in [0.2, 0.25) is 0 Å². The largest absolute Gasteiger partial charge is 0.573 e. The molecule has 0 aliphatic carbocycles. The van der Waals surface area contributed by atoms with Crippen LogP contribution in [0.1, 0.15) is 10.4 Å². The zero-order valence-corrected chi connectivity index (χ0v) is 16.0. The summed E-state index contributed by atoms with van der Waals surface area (Å²) in [7, 11) is -3.87. The number of para-hydroxylation sites is 2. The second-order valence-corrected chi connectivity index (χ2v) is 7.68. The van der Waals surface area contributed by atoms with E-state index in [-0.39, 0.29) is 21.8 Å². The van der Waals surface area contributed by atoms with Crippen LogP contribution in [0, 0.1) is 0 Å². The van der Waals surface area contributed by atoms with E-state index in [4.69, 9.17) is 0 Å². The summed E-state index contributed by atoms with van der Waals surface area (Å²) >= 11 is 0. The zero-order chi connectivity index (χ0) is 21.8. The lowest BCUT2D eigenvalue weighted by Crippen LogP contribution is -2.19. The molecule has 3 aromatic rings. The fourth-order valence-electron chi connectivity index (χ4n) is 2.52. The van der Waals surface area contributed by atoms with Crippen molar-refractivity contribution in [3.8, 4) is 5.75 Å². The summed E-state index contributed by atoms with van der Waals surface area (Å²) in [6, 6.07) is 18.3. The maximum atomic E-state index is 12.5. The summed E-state index contributed by atoms with van der Waals surface area (Å²) in [6.45, 7) is 0. The van der Waals surface area contributed by atoms with Gasteiger partial charge in [-0.05, 0) is 42.5 Å². The quantitative estimate of drug-likeness (QED) is 0.590. The summed E-state index contributed by atoms with van der Waals surface area (Å²) in [4.78, 5) is 12.5. The van der Waals surface area contributed by atoms with E-state index in [1.807, 2.05) is 0 Å². The number of hydrogen-bond donors (Lipinski definition) is 2. The normalized spacial score (nSPS) is 11.6. The summed E-state index contributed by atoms with van der Waals surface area (Å²) < 4.78 is 68.7. The Kier molecular flexibility index (Phi) is 5.97. The van der Waals surface area contributed by atoms with Crippen molar-refractivity contribution in [3.05, 3.63) is 84.4 Å². The van der Waals surface area contributed by atoms with E-state index >= 15 is 0 Å². The van der Waals surface area contributed by atoms with Crippen molar-refractivity contribution in [2.24, 2.45) is 0 Å². The monoisotopic (exact) mass is 436 g/mol. The van der Waals surface area contributed by atoms with Crippen LogP contribution in [-0.2, 0) is 10.0 Å². The maximum absolute atomic E-state index is 12.5. The Labute approximate surface area is 170 Å². The standard InChI is InChI=1S/C20H15F3N2O4S/c21-20(22,23)29-18-12-5-4-11-17(18)24-19(26)14-7-6-8-15(13-14)25-30(27,28)16-9-2-1-3-10-16/h1-13,25H,(H,24,26). The van der Waals surface area contributed by atoms with Crippen LogP contribution in [0.25, 0.3) is 0 Å². The Morgan fingerprint density at radius 1 is 0.867 bits per heavy atom. The van der Waals surface area contributed by atoms with Crippen molar-refractivity contribution in [2.45, 2.75) is 11.3 Å². The highest BCUT2D eigenvalue weighted by molar-refractivity contribution is 7.92. The first kappa shape index (κ1) is 21.2. The molecule has 0 spiro atoms. The van der Waals surface area contributed by atoms with Gasteiger partial charge in [-0.2, -0.15) is 0 Å². The highest BCUT2D eigenvalue weighted by Crippen LogP contribution is 2.30. The average molecular weight is 436 g/mol. The molecule has 0 fully saturated rings. The lowest BCUT2D eigenvalue weighted by Gasteiger charge is -2.14. The van der Waals surface area contributed by atoms with Gasteiger partial charge in [-0.3, -0.25) is 9.52 Å². The first-order valence-corrected chi connectivity index (χ1v) is 9.96. The van der Waals surface area contributed by atoms with E-state index in [2.05, 4.69) is 14.8 Å². The van der Waals surface area contributed by atoms with Crippen LogP contribution >= 0.6 is 0 Å². The third kappa shape index (κ3) is 5.51.